The van der Waals surface area contributed by atoms with Gasteiger partial charge >= 0.3 is 12.1 Å². The van der Waals surface area contributed by atoms with Crippen molar-refractivity contribution in [3.63, 3.8) is 0 Å². The number of aliphatic hydroxyl groups is 1. The Bertz CT molecular complexity index is 730. The molecule has 9 heteroatoms. The van der Waals surface area contributed by atoms with E-state index in [0.29, 0.717) is 30.0 Å². The number of benzene rings is 1. The van der Waals surface area contributed by atoms with E-state index in [1.54, 1.807) is 23.1 Å². The van der Waals surface area contributed by atoms with Gasteiger partial charge in [-0.2, -0.15) is 13.2 Å². The first-order valence-corrected chi connectivity index (χ1v) is 8.76. The van der Waals surface area contributed by atoms with Crippen molar-refractivity contribution in [2.45, 2.75) is 31.5 Å². The predicted molar refractivity (Wildman–Crippen MR) is 90.3 cm³/mol. The summed E-state index contributed by atoms with van der Waals surface area (Å²) in [6.45, 7) is 0.119. The molecule has 1 atom stereocenters. The lowest BCUT2D eigenvalue weighted by atomic mass is 9.92. The summed E-state index contributed by atoms with van der Waals surface area (Å²) in [6.07, 6.45) is -4.83. The number of methoxy groups -OCH3 is 1. The third-order valence-electron chi connectivity index (χ3n) is 5.15. The SMILES string of the molecule is COc1ccc2c(c1)N(C(=O)C1CCN(C(=O)C(F)(F)F)CC1)CCC2O. The molecule has 0 aliphatic carbocycles. The van der Waals surface area contributed by atoms with Gasteiger partial charge in [0.2, 0.25) is 5.91 Å². The standard InChI is InChI=1S/C18H21F3N2O4/c1-27-12-2-3-13-14(10-12)23(9-6-15(13)24)16(25)11-4-7-22(8-5-11)17(26)18(19,20)21/h2-3,10-11,15,24H,4-9H2,1H3. The summed E-state index contributed by atoms with van der Waals surface area (Å²) in [5, 5.41) is 10.2. The van der Waals surface area contributed by atoms with E-state index < -0.39 is 24.1 Å². The minimum atomic E-state index is -4.89. The minimum absolute atomic E-state index is 0.101. The molecule has 1 aromatic carbocycles. The Morgan fingerprint density at radius 2 is 1.81 bits per heavy atom. The van der Waals surface area contributed by atoms with E-state index in [-0.39, 0.29) is 31.8 Å². The fraction of sp³-hybridized carbons (Fsp3) is 0.556. The third-order valence-corrected chi connectivity index (χ3v) is 5.15. The van der Waals surface area contributed by atoms with E-state index in [1.165, 1.54) is 7.11 Å². The van der Waals surface area contributed by atoms with Gasteiger partial charge in [-0.1, -0.05) is 6.07 Å². The number of amides is 2. The molecule has 1 aromatic rings. The maximum absolute atomic E-state index is 13.0. The minimum Gasteiger partial charge on any atom is -0.497 e. The van der Waals surface area contributed by atoms with Crippen molar-refractivity contribution >= 4 is 17.5 Å². The number of halogens is 3. The number of ether oxygens (including phenoxy) is 1. The van der Waals surface area contributed by atoms with E-state index in [2.05, 4.69) is 0 Å². The highest BCUT2D eigenvalue weighted by molar-refractivity contribution is 5.96. The van der Waals surface area contributed by atoms with E-state index in [1.807, 2.05) is 0 Å². The number of hydrogen-bond donors (Lipinski definition) is 1. The van der Waals surface area contributed by atoms with Crippen molar-refractivity contribution in [3.05, 3.63) is 23.8 Å². The molecule has 1 unspecified atom stereocenters. The van der Waals surface area contributed by atoms with Gasteiger partial charge in [0, 0.05) is 37.2 Å². The number of carbonyl (C=O) groups is 2. The van der Waals surface area contributed by atoms with Crippen LogP contribution in [0.4, 0.5) is 18.9 Å². The zero-order valence-corrected chi connectivity index (χ0v) is 14.8. The Morgan fingerprint density at radius 1 is 1.15 bits per heavy atom. The second kappa shape index (κ2) is 7.38. The predicted octanol–water partition coefficient (Wildman–Crippen LogP) is 2.27. The number of rotatable bonds is 2. The fourth-order valence-electron chi connectivity index (χ4n) is 3.65. The van der Waals surface area contributed by atoms with Gasteiger partial charge in [0.25, 0.3) is 0 Å². The van der Waals surface area contributed by atoms with Gasteiger partial charge < -0.3 is 19.6 Å². The van der Waals surface area contributed by atoms with Crippen LogP contribution in [0.3, 0.4) is 0 Å². The molecule has 0 saturated carbocycles. The van der Waals surface area contributed by atoms with Gasteiger partial charge in [-0.05, 0) is 25.3 Å². The van der Waals surface area contributed by atoms with Gasteiger partial charge in [0.05, 0.1) is 18.9 Å². The highest BCUT2D eigenvalue weighted by Gasteiger charge is 2.44. The molecule has 0 aromatic heterocycles. The summed E-state index contributed by atoms with van der Waals surface area (Å²) in [4.78, 5) is 26.6. The number of nitrogens with zero attached hydrogens (tertiary/aromatic N) is 2. The largest absolute Gasteiger partial charge is 0.497 e. The van der Waals surface area contributed by atoms with Crippen molar-refractivity contribution in [2.75, 3.05) is 31.6 Å². The van der Waals surface area contributed by atoms with Crippen molar-refractivity contribution in [1.82, 2.24) is 4.90 Å². The molecular formula is C18H21F3N2O4. The van der Waals surface area contributed by atoms with E-state index >= 15 is 0 Å². The maximum atomic E-state index is 13.0. The molecule has 6 nitrogen and oxygen atoms in total. The number of likely N-dealkylation sites (tertiary alicyclic amines) is 1. The first kappa shape index (κ1) is 19.5. The smallest absolute Gasteiger partial charge is 0.471 e. The molecule has 0 radical (unpaired) electrons. The van der Waals surface area contributed by atoms with Crippen LogP contribution >= 0.6 is 0 Å². The molecule has 3 rings (SSSR count). The molecule has 2 aliphatic heterocycles. The third kappa shape index (κ3) is 3.87. The molecule has 1 saturated heterocycles. The molecule has 2 aliphatic rings. The van der Waals surface area contributed by atoms with Crippen LogP contribution in [-0.4, -0.2) is 54.7 Å². The van der Waals surface area contributed by atoms with Crippen molar-refractivity contribution < 1.29 is 32.6 Å². The summed E-state index contributed by atoms with van der Waals surface area (Å²) in [7, 11) is 1.50. The quantitative estimate of drug-likeness (QED) is 0.847. The molecule has 2 amide bonds. The summed E-state index contributed by atoms with van der Waals surface area (Å²) in [6, 6.07) is 5.10. The average Bonchev–Trinajstić information content (AvgIpc) is 2.66. The summed E-state index contributed by atoms with van der Waals surface area (Å²) >= 11 is 0. The van der Waals surface area contributed by atoms with Gasteiger partial charge in [0.1, 0.15) is 5.75 Å². The lowest BCUT2D eigenvalue weighted by Gasteiger charge is -2.37. The Labute approximate surface area is 154 Å². The number of alkyl halides is 3. The van der Waals surface area contributed by atoms with Crippen molar-refractivity contribution in [3.8, 4) is 5.75 Å². The molecular weight excluding hydrogens is 365 g/mol. The molecule has 1 N–H and O–H groups in total. The number of aliphatic hydroxyl groups excluding tert-OH is 1. The van der Waals surface area contributed by atoms with E-state index in [9.17, 15) is 27.9 Å². The molecule has 2 heterocycles. The zero-order valence-electron chi connectivity index (χ0n) is 14.8. The number of hydrogen-bond acceptors (Lipinski definition) is 4. The normalized spacial score (nSPS) is 21.0. The lowest BCUT2D eigenvalue weighted by Crippen LogP contribution is -2.49. The van der Waals surface area contributed by atoms with Gasteiger partial charge in [-0.25, -0.2) is 0 Å². The fourth-order valence-corrected chi connectivity index (χ4v) is 3.65. The number of carbonyl (C=O) groups excluding carboxylic acids is 2. The van der Waals surface area contributed by atoms with Crippen LogP contribution in [0, 0.1) is 5.92 Å². The second-order valence-electron chi connectivity index (χ2n) is 6.78. The second-order valence-corrected chi connectivity index (χ2v) is 6.78. The lowest BCUT2D eigenvalue weighted by molar-refractivity contribution is -0.186. The van der Waals surface area contributed by atoms with E-state index in [4.69, 9.17) is 4.74 Å². The van der Waals surface area contributed by atoms with Gasteiger partial charge in [-0.15, -0.1) is 0 Å². The Kier molecular flexibility index (Phi) is 5.32. The van der Waals surface area contributed by atoms with Crippen molar-refractivity contribution in [2.24, 2.45) is 5.92 Å². The molecule has 0 bridgehead atoms. The highest BCUT2D eigenvalue weighted by Crippen LogP contribution is 2.38. The van der Waals surface area contributed by atoms with Gasteiger partial charge in [0.15, 0.2) is 0 Å². The molecule has 1 fully saturated rings. The van der Waals surface area contributed by atoms with Crippen LogP contribution in [0.5, 0.6) is 5.75 Å². The molecule has 27 heavy (non-hydrogen) atoms. The van der Waals surface area contributed by atoms with Crippen LogP contribution in [0.15, 0.2) is 18.2 Å². The first-order chi connectivity index (χ1) is 12.7. The van der Waals surface area contributed by atoms with Crippen molar-refractivity contribution in [1.29, 1.82) is 0 Å². The maximum Gasteiger partial charge on any atom is 0.471 e. The Hall–Kier alpha value is -2.29. The van der Waals surface area contributed by atoms with E-state index in [0.717, 1.165) is 4.90 Å². The Morgan fingerprint density at radius 3 is 2.41 bits per heavy atom. The van der Waals surface area contributed by atoms with Crippen LogP contribution in [0.2, 0.25) is 0 Å². The van der Waals surface area contributed by atoms with Crippen LogP contribution in [-0.2, 0) is 9.59 Å². The average molecular weight is 386 g/mol. The monoisotopic (exact) mass is 386 g/mol. The number of piperidine rings is 1. The topological polar surface area (TPSA) is 70.1 Å². The summed E-state index contributed by atoms with van der Waals surface area (Å²) < 4.78 is 42.8. The Balaban J connectivity index is 1.73. The highest BCUT2D eigenvalue weighted by atomic mass is 19.4. The zero-order chi connectivity index (χ0) is 19.8. The summed E-state index contributed by atoms with van der Waals surface area (Å²) in [5.74, 6) is -1.97. The van der Waals surface area contributed by atoms with Crippen LogP contribution in [0.1, 0.15) is 30.9 Å². The number of fused-ring (bicyclic) bond motifs is 1. The molecule has 0 spiro atoms. The van der Waals surface area contributed by atoms with Crippen LogP contribution in [0.25, 0.3) is 0 Å². The molecule has 148 valence electrons. The van der Waals surface area contributed by atoms with Crippen LogP contribution < -0.4 is 9.64 Å². The summed E-state index contributed by atoms with van der Waals surface area (Å²) in [5.41, 5.74) is 1.19. The first-order valence-electron chi connectivity index (χ1n) is 8.76. The number of anilines is 1. The van der Waals surface area contributed by atoms with Gasteiger partial charge in [-0.3, -0.25) is 9.59 Å².